The Morgan fingerprint density at radius 2 is 0.735 bits per heavy atom. The van der Waals surface area contributed by atoms with Gasteiger partial charge in [-0.15, -0.1) is 0 Å². The molecule has 13 aromatic rings. The number of imidazole rings is 2. The Morgan fingerprint density at radius 1 is 0.279 bits per heavy atom. The summed E-state index contributed by atoms with van der Waals surface area (Å²) in [6.07, 6.45) is 4.64. The van der Waals surface area contributed by atoms with Crippen molar-refractivity contribution in [2.75, 3.05) is 0 Å². The second-order valence-corrected chi connectivity index (χ2v) is 19.1. The van der Waals surface area contributed by atoms with Crippen LogP contribution in [0.2, 0.25) is 0 Å². The van der Waals surface area contributed by atoms with E-state index in [1.165, 1.54) is 155 Å². The van der Waals surface area contributed by atoms with Crippen LogP contribution in [0.4, 0.5) is 0 Å². The number of aryl methyl sites for hydroxylation is 2. The van der Waals surface area contributed by atoms with E-state index in [9.17, 15) is 0 Å². The van der Waals surface area contributed by atoms with Crippen LogP contribution in [0.25, 0.3) is 131 Å². The molecule has 0 saturated carbocycles. The predicted octanol–water partition coefficient (Wildman–Crippen LogP) is 16.7. The van der Waals surface area contributed by atoms with Crippen LogP contribution in [0.15, 0.2) is 206 Å². The van der Waals surface area contributed by atoms with Crippen molar-refractivity contribution >= 4 is 109 Å². The molecule has 0 aliphatic heterocycles. The molecule has 0 saturated heterocycles. The van der Waals surface area contributed by atoms with Crippen molar-refractivity contribution in [2.24, 2.45) is 0 Å². The van der Waals surface area contributed by atoms with Crippen LogP contribution in [-0.2, 0) is 12.8 Å². The molecule has 0 spiro atoms. The zero-order chi connectivity index (χ0) is 44.2. The van der Waals surface area contributed by atoms with Gasteiger partial charge in [0.2, 0.25) is 0 Å². The van der Waals surface area contributed by atoms with Gasteiger partial charge >= 0.3 is 0 Å². The fraction of sp³-hybridized carbons (Fsp3) is 0.0625. The highest BCUT2D eigenvalue weighted by Gasteiger charge is 2.25. The van der Waals surface area contributed by atoms with Gasteiger partial charge in [-0.2, -0.15) is 0 Å². The summed E-state index contributed by atoms with van der Waals surface area (Å²) in [6.45, 7) is 0. The van der Waals surface area contributed by atoms with E-state index in [-0.39, 0.29) is 0 Å². The van der Waals surface area contributed by atoms with Crippen LogP contribution < -0.4 is 0 Å². The zero-order valence-electron chi connectivity index (χ0n) is 37.2. The molecule has 0 unspecified atom stereocenters. The molecular weight excluding hydrogens is 825 g/mol. The fourth-order valence-corrected chi connectivity index (χ4v) is 12.9. The van der Waals surface area contributed by atoms with Crippen LogP contribution in [0, 0.1) is 0 Å². The molecular formula is C64H42N4. The van der Waals surface area contributed by atoms with E-state index in [4.69, 9.17) is 0 Å². The summed E-state index contributed by atoms with van der Waals surface area (Å²) in [7, 11) is 0. The SMILES string of the molecule is c1ccc2c(c1)cc1n(-c3ccc4c(c3)n3c5c(cc3n4-c3ccc4c6cccc7c6-c6c(cccc6c6ccccc6c4c3)c3ccccc3c3ccccc73)CCCC5)c3ccccc3n21. The van der Waals surface area contributed by atoms with Crippen molar-refractivity contribution in [3.63, 3.8) is 0 Å². The Bertz CT molecular complexity index is 4680. The van der Waals surface area contributed by atoms with Gasteiger partial charge in [0.1, 0.15) is 11.3 Å². The predicted molar refractivity (Wildman–Crippen MR) is 287 cm³/mol. The van der Waals surface area contributed by atoms with E-state index < -0.39 is 0 Å². The van der Waals surface area contributed by atoms with E-state index >= 15 is 0 Å². The van der Waals surface area contributed by atoms with E-state index in [0.717, 1.165) is 12.8 Å². The van der Waals surface area contributed by atoms with E-state index in [0.29, 0.717) is 0 Å². The lowest BCUT2D eigenvalue weighted by Gasteiger charge is -2.20. The van der Waals surface area contributed by atoms with Crippen molar-refractivity contribution in [2.45, 2.75) is 25.7 Å². The summed E-state index contributed by atoms with van der Waals surface area (Å²) in [5.74, 6) is 0. The van der Waals surface area contributed by atoms with Crippen LogP contribution in [0.3, 0.4) is 0 Å². The monoisotopic (exact) mass is 866 g/mol. The molecule has 9 aromatic carbocycles. The van der Waals surface area contributed by atoms with Gasteiger partial charge in [-0.3, -0.25) is 17.9 Å². The molecule has 68 heavy (non-hydrogen) atoms. The molecule has 0 fully saturated rings. The summed E-state index contributed by atoms with van der Waals surface area (Å²) in [4.78, 5) is 0. The normalized spacial score (nSPS) is 13.4. The summed E-state index contributed by atoms with van der Waals surface area (Å²) < 4.78 is 10.0. The van der Waals surface area contributed by atoms with E-state index in [1.807, 2.05) is 0 Å². The highest BCUT2D eigenvalue weighted by molar-refractivity contribution is 6.31. The highest BCUT2D eigenvalue weighted by Crippen LogP contribution is 2.48. The molecule has 4 aromatic heterocycles. The van der Waals surface area contributed by atoms with Gasteiger partial charge in [-0.25, -0.2) is 0 Å². The largest absolute Gasteiger partial charge is 0.297 e. The molecule has 0 N–H and O–H groups in total. The van der Waals surface area contributed by atoms with Crippen LogP contribution >= 0.6 is 0 Å². The fourth-order valence-electron chi connectivity index (χ4n) is 12.9. The first-order valence-corrected chi connectivity index (χ1v) is 24.1. The second kappa shape index (κ2) is 13.5. The first-order chi connectivity index (χ1) is 33.8. The standard InChI is InChI=1S/C64H42N4/c1-9-27-55-39(15-1)35-61-66(57-29-11-12-30-58(57)67(55)61)42-32-34-59-60(38-42)68-56-28-10-2-16-40(56)36-62(68)65(59)41-31-33-49-53-26-14-24-51-46-20-6-4-18-44(46)43-17-3-5-19-45(43)50-23-13-25-52(63(50)64(51)53)47-21-7-8-22-48(47)54(49)37-41/h1,3-9,11-15,17-27,29-38H,2,10,16,28H2. The maximum absolute atomic E-state index is 2.60. The summed E-state index contributed by atoms with van der Waals surface area (Å²) in [5.41, 5.74) is 16.4. The van der Waals surface area contributed by atoms with Gasteiger partial charge < -0.3 is 0 Å². The second-order valence-electron chi connectivity index (χ2n) is 19.1. The van der Waals surface area contributed by atoms with Gasteiger partial charge in [0.25, 0.3) is 0 Å². The Morgan fingerprint density at radius 3 is 1.38 bits per heavy atom. The third-order valence-corrected chi connectivity index (χ3v) is 15.7. The summed E-state index contributed by atoms with van der Waals surface area (Å²) in [6, 6.07) is 77.9. The van der Waals surface area contributed by atoms with Crippen molar-refractivity contribution in [3.8, 4) is 22.5 Å². The molecule has 0 bridgehead atoms. The molecule has 0 amide bonds. The Kier molecular flexibility index (Phi) is 7.26. The van der Waals surface area contributed by atoms with Crippen LogP contribution in [0.5, 0.6) is 0 Å². The van der Waals surface area contributed by atoms with Gasteiger partial charge in [0.05, 0.1) is 27.6 Å². The number of benzene rings is 9. The number of aromatic nitrogens is 4. The topological polar surface area (TPSA) is 18.7 Å². The first kappa shape index (κ1) is 36.6. The van der Waals surface area contributed by atoms with Crippen molar-refractivity contribution < 1.29 is 0 Å². The van der Waals surface area contributed by atoms with Gasteiger partial charge in [0.15, 0.2) is 0 Å². The minimum atomic E-state index is 1.08. The number of para-hydroxylation sites is 3. The molecule has 4 nitrogen and oxygen atoms in total. The Hall–Kier alpha value is -8.60. The summed E-state index contributed by atoms with van der Waals surface area (Å²) in [5, 5.41) is 16.4. The Labute approximate surface area is 390 Å². The number of hydrogen-bond acceptors (Lipinski definition) is 0. The number of fused-ring (bicyclic) bond motifs is 20. The average molecular weight is 867 g/mol. The molecule has 0 radical (unpaired) electrons. The lowest BCUT2D eigenvalue weighted by molar-refractivity contribution is 0.672. The molecule has 4 heterocycles. The minimum Gasteiger partial charge on any atom is -0.297 e. The highest BCUT2D eigenvalue weighted by atomic mass is 15.2. The van der Waals surface area contributed by atoms with Crippen LogP contribution in [0.1, 0.15) is 24.1 Å². The third kappa shape index (κ3) is 4.78. The van der Waals surface area contributed by atoms with Crippen molar-refractivity contribution in [1.82, 2.24) is 17.9 Å². The maximum Gasteiger partial charge on any atom is 0.123 e. The molecule has 16 rings (SSSR count). The average Bonchev–Trinajstić information content (AvgIpc) is 4.14. The van der Waals surface area contributed by atoms with Crippen molar-refractivity contribution in [1.29, 1.82) is 0 Å². The molecule has 0 atom stereocenters. The quantitative estimate of drug-likeness (QED) is 0.165. The lowest BCUT2D eigenvalue weighted by atomic mass is 9.84. The molecule has 4 heteroatoms. The minimum absolute atomic E-state index is 1.08. The van der Waals surface area contributed by atoms with E-state index in [1.54, 1.807) is 0 Å². The van der Waals surface area contributed by atoms with Gasteiger partial charge in [0, 0.05) is 22.5 Å². The van der Waals surface area contributed by atoms with Gasteiger partial charge in [-0.1, -0.05) is 146 Å². The molecule has 3 aliphatic carbocycles. The van der Waals surface area contributed by atoms with Crippen LogP contribution in [-0.4, -0.2) is 17.9 Å². The Balaban J connectivity index is 1.03. The number of rotatable bonds is 2. The van der Waals surface area contributed by atoms with E-state index in [2.05, 4.69) is 224 Å². The maximum atomic E-state index is 2.60. The first-order valence-electron chi connectivity index (χ1n) is 24.1. The lowest BCUT2D eigenvalue weighted by Crippen LogP contribution is -2.03. The van der Waals surface area contributed by atoms with Gasteiger partial charge in [-0.05, 0) is 168 Å². The smallest absolute Gasteiger partial charge is 0.123 e. The third-order valence-electron chi connectivity index (χ3n) is 15.7. The molecule has 318 valence electrons. The number of hydrogen-bond donors (Lipinski definition) is 0. The summed E-state index contributed by atoms with van der Waals surface area (Å²) >= 11 is 0. The number of nitrogens with zero attached hydrogens (tertiary/aromatic N) is 4. The molecule has 3 aliphatic rings. The van der Waals surface area contributed by atoms with Crippen molar-refractivity contribution in [3.05, 3.63) is 218 Å². The zero-order valence-corrected chi connectivity index (χ0v) is 37.2.